The fourth-order valence-electron chi connectivity index (χ4n) is 3.41. The maximum absolute atomic E-state index is 13.1. The minimum atomic E-state index is -4.12. The van der Waals surface area contributed by atoms with E-state index in [1.165, 1.54) is 5.56 Å². The average Bonchev–Trinajstić information content (AvgIpc) is 2.47. The second kappa shape index (κ2) is 6.82. The van der Waals surface area contributed by atoms with Crippen molar-refractivity contribution in [2.24, 2.45) is 17.6 Å². The van der Waals surface area contributed by atoms with Crippen molar-refractivity contribution in [2.45, 2.75) is 57.7 Å². The summed E-state index contributed by atoms with van der Waals surface area (Å²) in [6, 6.07) is 7.63. The van der Waals surface area contributed by atoms with Crippen LogP contribution in [0.3, 0.4) is 0 Å². The standard InChI is InChI=1S/C17H24F3N/c1-2-12-7-9-13(10-8-12)11-16(21)14-5-3-4-6-15(14)17(18,19)20/h7-10,14-16H,2-6,11,21H2,1H3. The van der Waals surface area contributed by atoms with Crippen molar-refractivity contribution >= 4 is 0 Å². The molecule has 3 atom stereocenters. The lowest BCUT2D eigenvalue weighted by molar-refractivity contribution is -0.198. The van der Waals surface area contributed by atoms with Gasteiger partial charge in [0.05, 0.1) is 5.92 Å². The molecule has 2 rings (SSSR count). The van der Waals surface area contributed by atoms with Gasteiger partial charge in [-0.2, -0.15) is 13.2 Å². The van der Waals surface area contributed by atoms with Crippen molar-refractivity contribution in [3.63, 3.8) is 0 Å². The second-order valence-electron chi connectivity index (χ2n) is 6.13. The summed E-state index contributed by atoms with van der Waals surface area (Å²) in [7, 11) is 0. The molecule has 0 aliphatic heterocycles. The first kappa shape index (κ1) is 16.3. The molecule has 0 bridgehead atoms. The van der Waals surface area contributed by atoms with E-state index in [0.717, 1.165) is 18.4 Å². The van der Waals surface area contributed by atoms with Gasteiger partial charge in [-0.25, -0.2) is 0 Å². The zero-order valence-corrected chi connectivity index (χ0v) is 12.5. The Morgan fingerprint density at radius 2 is 1.67 bits per heavy atom. The summed E-state index contributed by atoms with van der Waals surface area (Å²) in [4.78, 5) is 0. The second-order valence-corrected chi connectivity index (χ2v) is 6.13. The molecule has 1 aliphatic rings. The summed E-state index contributed by atoms with van der Waals surface area (Å²) in [5.74, 6) is -1.67. The first-order valence-electron chi connectivity index (χ1n) is 7.82. The summed E-state index contributed by atoms with van der Waals surface area (Å²) in [6.45, 7) is 2.08. The fourth-order valence-corrected chi connectivity index (χ4v) is 3.41. The molecule has 21 heavy (non-hydrogen) atoms. The Morgan fingerprint density at radius 3 is 2.24 bits per heavy atom. The summed E-state index contributed by atoms with van der Waals surface area (Å²) in [6.07, 6.45) is -0.269. The minimum Gasteiger partial charge on any atom is -0.327 e. The van der Waals surface area contributed by atoms with Crippen LogP contribution < -0.4 is 5.73 Å². The van der Waals surface area contributed by atoms with E-state index in [1.807, 2.05) is 24.3 Å². The van der Waals surface area contributed by atoms with E-state index >= 15 is 0 Å². The number of alkyl halides is 3. The molecule has 118 valence electrons. The molecule has 0 aromatic heterocycles. The van der Waals surface area contributed by atoms with E-state index < -0.39 is 24.1 Å². The van der Waals surface area contributed by atoms with Crippen molar-refractivity contribution in [2.75, 3.05) is 0 Å². The Labute approximate surface area is 124 Å². The molecule has 0 amide bonds. The van der Waals surface area contributed by atoms with Crippen LogP contribution in [-0.4, -0.2) is 12.2 Å². The van der Waals surface area contributed by atoms with Gasteiger partial charge in [0.1, 0.15) is 0 Å². The van der Waals surface area contributed by atoms with Gasteiger partial charge >= 0.3 is 6.18 Å². The highest BCUT2D eigenvalue weighted by Gasteiger charge is 2.47. The lowest BCUT2D eigenvalue weighted by Crippen LogP contribution is -2.44. The van der Waals surface area contributed by atoms with Crippen LogP contribution in [0, 0.1) is 11.8 Å². The van der Waals surface area contributed by atoms with Gasteiger partial charge in [0.15, 0.2) is 0 Å². The molecule has 2 N–H and O–H groups in total. The minimum absolute atomic E-state index is 0.233. The van der Waals surface area contributed by atoms with Crippen LogP contribution in [0.15, 0.2) is 24.3 Å². The van der Waals surface area contributed by atoms with Crippen LogP contribution in [0.25, 0.3) is 0 Å². The first-order valence-corrected chi connectivity index (χ1v) is 7.82. The third-order valence-electron chi connectivity index (χ3n) is 4.69. The van der Waals surface area contributed by atoms with Crippen molar-refractivity contribution < 1.29 is 13.2 Å². The maximum atomic E-state index is 13.1. The number of halogens is 3. The fraction of sp³-hybridized carbons (Fsp3) is 0.647. The molecule has 4 heteroatoms. The van der Waals surface area contributed by atoms with Gasteiger partial charge in [0.25, 0.3) is 0 Å². The van der Waals surface area contributed by atoms with Gasteiger partial charge in [0.2, 0.25) is 0 Å². The third-order valence-corrected chi connectivity index (χ3v) is 4.69. The molecular weight excluding hydrogens is 275 g/mol. The number of hydrogen-bond acceptors (Lipinski definition) is 1. The molecule has 1 saturated carbocycles. The molecule has 1 aromatic rings. The van der Waals surface area contributed by atoms with Gasteiger partial charge in [-0.15, -0.1) is 0 Å². The SMILES string of the molecule is CCc1ccc(CC(N)C2CCCCC2C(F)(F)F)cc1. The zero-order chi connectivity index (χ0) is 15.5. The first-order chi connectivity index (χ1) is 9.91. The van der Waals surface area contributed by atoms with Gasteiger partial charge in [0, 0.05) is 6.04 Å². The van der Waals surface area contributed by atoms with Crippen molar-refractivity contribution in [1.82, 2.24) is 0 Å². The Morgan fingerprint density at radius 1 is 1.10 bits per heavy atom. The zero-order valence-electron chi connectivity index (χ0n) is 12.5. The van der Waals surface area contributed by atoms with E-state index in [9.17, 15) is 13.2 Å². The molecule has 3 unspecified atom stereocenters. The normalized spacial score (nSPS) is 24.8. The van der Waals surface area contributed by atoms with Crippen LogP contribution in [0.5, 0.6) is 0 Å². The number of rotatable bonds is 4. The number of benzene rings is 1. The summed E-state index contributed by atoms with van der Waals surface area (Å²) < 4.78 is 39.4. The van der Waals surface area contributed by atoms with Crippen molar-refractivity contribution in [3.8, 4) is 0 Å². The largest absolute Gasteiger partial charge is 0.392 e. The van der Waals surface area contributed by atoms with E-state index in [2.05, 4.69) is 6.92 Å². The quantitative estimate of drug-likeness (QED) is 0.871. The molecule has 1 fully saturated rings. The monoisotopic (exact) mass is 299 g/mol. The van der Waals surface area contributed by atoms with Crippen molar-refractivity contribution in [1.29, 1.82) is 0 Å². The van der Waals surface area contributed by atoms with E-state index in [0.29, 0.717) is 19.3 Å². The predicted octanol–water partition coefficient (Wildman–Crippen LogP) is 4.49. The number of hydrogen-bond donors (Lipinski definition) is 1. The third kappa shape index (κ3) is 4.22. The van der Waals surface area contributed by atoms with Crippen molar-refractivity contribution in [3.05, 3.63) is 35.4 Å². The lowest BCUT2D eigenvalue weighted by atomic mass is 9.73. The Balaban J connectivity index is 2.04. The topological polar surface area (TPSA) is 26.0 Å². The highest BCUT2D eigenvalue weighted by Crippen LogP contribution is 2.42. The van der Waals surface area contributed by atoms with Gasteiger partial charge in [-0.3, -0.25) is 0 Å². The van der Waals surface area contributed by atoms with E-state index in [4.69, 9.17) is 5.73 Å². The number of aryl methyl sites for hydroxylation is 1. The highest BCUT2D eigenvalue weighted by atomic mass is 19.4. The van der Waals surface area contributed by atoms with E-state index in [1.54, 1.807) is 0 Å². The molecule has 1 aliphatic carbocycles. The van der Waals surface area contributed by atoms with Crippen LogP contribution in [0.2, 0.25) is 0 Å². The molecule has 0 radical (unpaired) electrons. The Hall–Kier alpha value is -1.03. The van der Waals surface area contributed by atoms with Gasteiger partial charge < -0.3 is 5.73 Å². The van der Waals surface area contributed by atoms with Crippen LogP contribution in [-0.2, 0) is 12.8 Å². The molecule has 0 heterocycles. The summed E-state index contributed by atoms with van der Waals surface area (Å²) >= 11 is 0. The molecule has 1 aromatic carbocycles. The molecule has 0 spiro atoms. The molecular formula is C17H24F3N. The van der Waals surface area contributed by atoms with E-state index in [-0.39, 0.29) is 6.42 Å². The van der Waals surface area contributed by atoms with Crippen LogP contribution >= 0.6 is 0 Å². The number of nitrogens with two attached hydrogens (primary N) is 1. The maximum Gasteiger partial charge on any atom is 0.392 e. The molecule has 1 nitrogen and oxygen atoms in total. The van der Waals surface area contributed by atoms with Crippen LogP contribution in [0.4, 0.5) is 13.2 Å². The predicted molar refractivity (Wildman–Crippen MR) is 79.0 cm³/mol. The molecule has 0 saturated heterocycles. The smallest absolute Gasteiger partial charge is 0.327 e. The summed E-state index contributed by atoms with van der Waals surface area (Å²) in [5.41, 5.74) is 8.41. The highest BCUT2D eigenvalue weighted by molar-refractivity contribution is 5.23. The lowest BCUT2D eigenvalue weighted by Gasteiger charge is -2.36. The Kier molecular flexibility index (Phi) is 5.31. The van der Waals surface area contributed by atoms with Gasteiger partial charge in [-0.1, -0.05) is 44.0 Å². The van der Waals surface area contributed by atoms with Gasteiger partial charge in [-0.05, 0) is 42.7 Å². The van der Waals surface area contributed by atoms with Crippen LogP contribution in [0.1, 0.15) is 43.7 Å². The summed E-state index contributed by atoms with van der Waals surface area (Å²) in [5, 5.41) is 0. The Bertz CT molecular complexity index is 438. The average molecular weight is 299 g/mol.